The molecule has 23 heavy (non-hydrogen) atoms. The zero-order chi connectivity index (χ0) is 16.9. The number of aromatic nitrogens is 1. The molecule has 0 saturated heterocycles. The third kappa shape index (κ3) is 5.28. The summed E-state index contributed by atoms with van der Waals surface area (Å²) >= 11 is 0. The summed E-state index contributed by atoms with van der Waals surface area (Å²) in [4.78, 5) is 17.0. The van der Waals surface area contributed by atoms with Gasteiger partial charge in [-0.05, 0) is 18.2 Å². The quantitative estimate of drug-likeness (QED) is 0.838. The molecule has 0 saturated carbocycles. The fraction of sp³-hybridized carbons (Fsp3) is 0.250. The minimum atomic E-state index is -4.29. The second-order valence-corrected chi connectivity index (χ2v) is 4.89. The van der Waals surface area contributed by atoms with Gasteiger partial charge in [-0.25, -0.2) is 4.98 Å². The minimum Gasteiger partial charge on any atom is -0.439 e. The highest BCUT2D eigenvalue weighted by atomic mass is 19.4. The van der Waals surface area contributed by atoms with Gasteiger partial charge in [0.2, 0.25) is 5.88 Å². The van der Waals surface area contributed by atoms with Gasteiger partial charge in [-0.1, -0.05) is 18.2 Å². The van der Waals surface area contributed by atoms with E-state index in [-0.39, 0.29) is 5.56 Å². The summed E-state index contributed by atoms with van der Waals surface area (Å²) < 4.78 is 42.0. The van der Waals surface area contributed by atoms with Crippen LogP contribution < -0.4 is 4.74 Å². The lowest BCUT2D eigenvalue weighted by molar-refractivity contribution is -0.136. The lowest BCUT2D eigenvalue weighted by Gasteiger charge is -2.18. The molecule has 1 aromatic carbocycles. The maximum atomic E-state index is 12.2. The molecule has 0 fully saturated rings. The number of carbonyl (C=O) groups excluding carboxylic acids is 1. The predicted octanol–water partition coefficient (Wildman–Crippen LogP) is 3.90. The van der Waals surface area contributed by atoms with Crippen molar-refractivity contribution in [3.63, 3.8) is 0 Å². The molecule has 0 spiro atoms. The molecule has 0 aliphatic carbocycles. The zero-order valence-electron chi connectivity index (χ0n) is 12.4. The fourth-order valence-corrected chi connectivity index (χ4v) is 1.79. The molecule has 1 aromatic heterocycles. The van der Waals surface area contributed by atoms with Crippen molar-refractivity contribution in [1.82, 2.24) is 9.88 Å². The average molecular weight is 324 g/mol. The van der Waals surface area contributed by atoms with Crippen LogP contribution in [0.2, 0.25) is 0 Å². The number of halogens is 3. The topological polar surface area (TPSA) is 42.4 Å². The van der Waals surface area contributed by atoms with Crippen LogP contribution in [0.5, 0.6) is 11.6 Å². The number of pyridine rings is 1. The van der Waals surface area contributed by atoms with Gasteiger partial charge in [-0.2, -0.15) is 13.2 Å². The van der Waals surface area contributed by atoms with Crippen molar-refractivity contribution in [2.45, 2.75) is 12.6 Å². The van der Waals surface area contributed by atoms with Crippen molar-refractivity contribution >= 4 is 5.91 Å². The molecule has 0 atom stereocenters. The Morgan fingerprint density at radius 1 is 1.17 bits per heavy atom. The number of para-hydroxylation sites is 1. The van der Waals surface area contributed by atoms with Crippen LogP contribution in [0, 0.1) is 0 Å². The maximum absolute atomic E-state index is 12.2. The SMILES string of the molecule is CN(CCC(F)(F)F)C(=O)c1ccc(Oc2ccccc2)nc1. The zero-order valence-corrected chi connectivity index (χ0v) is 12.4. The number of carbonyl (C=O) groups is 1. The molecule has 0 unspecified atom stereocenters. The molecule has 1 amide bonds. The van der Waals surface area contributed by atoms with Crippen molar-refractivity contribution in [3.8, 4) is 11.6 Å². The monoisotopic (exact) mass is 324 g/mol. The molecule has 2 rings (SSSR count). The summed E-state index contributed by atoms with van der Waals surface area (Å²) in [5.74, 6) is 0.375. The Bertz CT molecular complexity index is 643. The summed E-state index contributed by atoms with van der Waals surface area (Å²) in [5.41, 5.74) is 0.204. The number of amides is 1. The first kappa shape index (κ1) is 16.8. The summed E-state index contributed by atoms with van der Waals surface area (Å²) in [7, 11) is 1.32. The molecule has 0 aliphatic rings. The molecule has 0 bridgehead atoms. The molecule has 0 radical (unpaired) electrons. The lowest BCUT2D eigenvalue weighted by Crippen LogP contribution is -2.30. The molecule has 7 heteroatoms. The van der Waals surface area contributed by atoms with Gasteiger partial charge in [0.25, 0.3) is 5.91 Å². The minimum absolute atomic E-state index is 0.204. The number of nitrogens with zero attached hydrogens (tertiary/aromatic N) is 2. The number of hydrogen-bond acceptors (Lipinski definition) is 3. The molecule has 0 N–H and O–H groups in total. The Morgan fingerprint density at radius 3 is 2.43 bits per heavy atom. The summed E-state index contributed by atoms with van der Waals surface area (Å²) in [6.07, 6.45) is -4.05. The van der Waals surface area contributed by atoms with E-state index in [9.17, 15) is 18.0 Å². The van der Waals surface area contributed by atoms with E-state index in [0.29, 0.717) is 11.6 Å². The van der Waals surface area contributed by atoms with Crippen LogP contribution >= 0.6 is 0 Å². The summed E-state index contributed by atoms with van der Waals surface area (Å²) in [5, 5.41) is 0. The van der Waals surface area contributed by atoms with Gasteiger partial charge in [-0.15, -0.1) is 0 Å². The Balaban J connectivity index is 1.97. The van der Waals surface area contributed by atoms with Gasteiger partial charge in [0.15, 0.2) is 0 Å². The maximum Gasteiger partial charge on any atom is 0.390 e. The Hall–Kier alpha value is -2.57. The van der Waals surface area contributed by atoms with Crippen LogP contribution in [-0.4, -0.2) is 35.6 Å². The molecule has 122 valence electrons. The first-order valence-electron chi connectivity index (χ1n) is 6.86. The van der Waals surface area contributed by atoms with Crippen molar-refractivity contribution in [2.75, 3.05) is 13.6 Å². The van der Waals surface area contributed by atoms with E-state index in [1.54, 1.807) is 12.1 Å². The largest absolute Gasteiger partial charge is 0.439 e. The van der Waals surface area contributed by atoms with E-state index >= 15 is 0 Å². The van der Waals surface area contributed by atoms with Gasteiger partial charge >= 0.3 is 6.18 Å². The molecular formula is C16H15F3N2O2. The van der Waals surface area contributed by atoms with E-state index in [4.69, 9.17) is 4.74 Å². The molecule has 2 aromatic rings. The van der Waals surface area contributed by atoms with Crippen molar-refractivity contribution in [2.24, 2.45) is 0 Å². The van der Waals surface area contributed by atoms with Gasteiger partial charge in [0.1, 0.15) is 5.75 Å². The van der Waals surface area contributed by atoms with Crippen LogP contribution in [0.1, 0.15) is 16.8 Å². The van der Waals surface area contributed by atoms with Crippen LogP contribution in [0.15, 0.2) is 48.7 Å². The summed E-state index contributed by atoms with van der Waals surface area (Å²) in [6, 6.07) is 11.9. The van der Waals surface area contributed by atoms with Crippen molar-refractivity contribution in [1.29, 1.82) is 0 Å². The average Bonchev–Trinajstić information content (AvgIpc) is 2.53. The van der Waals surface area contributed by atoms with E-state index in [0.717, 1.165) is 4.90 Å². The third-order valence-electron chi connectivity index (χ3n) is 3.03. The Morgan fingerprint density at radius 2 is 1.87 bits per heavy atom. The smallest absolute Gasteiger partial charge is 0.390 e. The second kappa shape index (κ2) is 7.13. The molecule has 1 heterocycles. The number of alkyl halides is 3. The standard InChI is InChI=1S/C16H15F3N2O2/c1-21(10-9-16(17,18)19)15(22)12-7-8-14(20-11-12)23-13-5-3-2-4-6-13/h2-8,11H,9-10H2,1H3. The van der Waals surface area contributed by atoms with Gasteiger partial charge in [0.05, 0.1) is 12.0 Å². The number of benzene rings is 1. The van der Waals surface area contributed by atoms with Crippen molar-refractivity contribution in [3.05, 3.63) is 54.2 Å². The second-order valence-electron chi connectivity index (χ2n) is 4.89. The van der Waals surface area contributed by atoms with Gasteiger partial charge in [0, 0.05) is 25.9 Å². The molecular weight excluding hydrogens is 309 g/mol. The number of hydrogen-bond donors (Lipinski definition) is 0. The first-order chi connectivity index (χ1) is 10.8. The Labute approximate surface area is 131 Å². The summed E-state index contributed by atoms with van der Waals surface area (Å²) in [6.45, 7) is -0.398. The Kier molecular flexibility index (Phi) is 5.20. The highest BCUT2D eigenvalue weighted by molar-refractivity contribution is 5.93. The van der Waals surface area contributed by atoms with Crippen LogP contribution in [0.25, 0.3) is 0 Å². The first-order valence-corrected chi connectivity index (χ1v) is 6.86. The van der Waals surface area contributed by atoms with E-state index in [1.807, 2.05) is 18.2 Å². The number of rotatable bonds is 5. The normalized spacial score (nSPS) is 11.1. The van der Waals surface area contributed by atoms with Crippen LogP contribution in [-0.2, 0) is 0 Å². The van der Waals surface area contributed by atoms with E-state index in [1.165, 1.54) is 25.4 Å². The van der Waals surface area contributed by atoms with Crippen LogP contribution in [0.3, 0.4) is 0 Å². The van der Waals surface area contributed by atoms with Crippen LogP contribution in [0.4, 0.5) is 13.2 Å². The van der Waals surface area contributed by atoms with Gasteiger partial charge < -0.3 is 9.64 Å². The number of ether oxygens (including phenoxy) is 1. The molecule has 4 nitrogen and oxygen atoms in total. The van der Waals surface area contributed by atoms with E-state index < -0.39 is 25.0 Å². The van der Waals surface area contributed by atoms with Crippen molar-refractivity contribution < 1.29 is 22.7 Å². The highest BCUT2D eigenvalue weighted by Crippen LogP contribution is 2.21. The van der Waals surface area contributed by atoms with Gasteiger partial charge in [-0.3, -0.25) is 4.79 Å². The predicted molar refractivity (Wildman–Crippen MR) is 78.4 cm³/mol. The highest BCUT2D eigenvalue weighted by Gasteiger charge is 2.28. The molecule has 0 aliphatic heterocycles. The van der Waals surface area contributed by atoms with E-state index in [2.05, 4.69) is 4.98 Å². The third-order valence-corrected chi connectivity index (χ3v) is 3.03. The lowest BCUT2D eigenvalue weighted by atomic mass is 10.2. The fourth-order valence-electron chi connectivity index (χ4n) is 1.79.